The molecule has 0 N–H and O–H groups in total. The number of rotatable bonds is 4. The molecular formula is C17H12FN3O5S. The summed E-state index contributed by atoms with van der Waals surface area (Å²) in [5.74, 6) is -1.96. The second-order valence-electron chi connectivity index (χ2n) is 5.36. The van der Waals surface area contributed by atoms with Gasteiger partial charge in [0.25, 0.3) is 11.6 Å². The SMILES string of the molecule is COC(=O)Cn1c(=NC(=O)c2cccc([N+](=O)[O-])c2)sc2cccc(F)c21. The van der Waals surface area contributed by atoms with Crippen LogP contribution in [-0.4, -0.2) is 28.5 Å². The third kappa shape index (κ3) is 3.75. The first kappa shape index (κ1) is 18.4. The van der Waals surface area contributed by atoms with Crippen molar-refractivity contribution in [2.45, 2.75) is 6.54 Å². The van der Waals surface area contributed by atoms with Crippen LogP contribution in [0, 0.1) is 15.9 Å². The number of thiazole rings is 1. The first-order chi connectivity index (χ1) is 12.9. The first-order valence-corrected chi connectivity index (χ1v) is 8.40. The molecule has 0 bridgehead atoms. The molecule has 3 aromatic rings. The van der Waals surface area contributed by atoms with Crippen LogP contribution in [0.2, 0.25) is 0 Å². The average molecular weight is 389 g/mol. The molecule has 138 valence electrons. The number of ether oxygens (including phenoxy) is 1. The van der Waals surface area contributed by atoms with E-state index in [2.05, 4.69) is 9.73 Å². The number of carbonyl (C=O) groups is 2. The summed E-state index contributed by atoms with van der Waals surface area (Å²) in [7, 11) is 1.19. The molecule has 1 heterocycles. The number of halogens is 1. The molecule has 0 aliphatic rings. The van der Waals surface area contributed by atoms with Crippen LogP contribution in [0.3, 0.4) is 0 Å². The van der Waals surface area contributed by atoms with Crippen molar-refractivity contribution in [3.8, 4) is 0 Å². The lowest BCUT2D eigenvalue weighted by Gasteiger charge is -2.04. The quantitative estimate of drug-likeness (QED) is 0.388. The summed E-state index contributed by atoms with van der Waals surface area (Å²) in [6, 6.07) is 9.48. The molecule has 0 atom stereocenters. The van der Waals surface area contributed by atoms with E-state index in [1.54, 1.807) is 6.07 Å². The zero-order valence-corrected chi connectivity index (χ0v) is 14.7. The summed E-state index contributed by atoms with van der Waals surface area (Å²) >= 11 is 1.02. The zero-order chi connectivity index (χ0) is 19.6. The van der Waals surface area contributed by atoms with E-state index in [-0.39, 0.29) is 28.1 Å². The van der Waals surface area contributed by atoms with Crippen molar-refractivity contribution in [3.05, 3.63) is 68.8 Å². The van der Waals surface area contributed by atoms with Crippen LogP contribution in [0.15, 0.2) is 47.5 Å². The number of amides is 1. The Morgan fingerprint density at radius 1 is 1.30 bits per heavy atom. The maximum atomic E-state index is 14.2. The van der Waals surface area contributed by atoms with E-state index in [0.29, 0.717) is 4.70 Å². The summed E-state index contributed by atoms with van der Waals surface area (Å²) < 4.78 is 20.6. The minimum atomic E-state index is -0.746. The Morgan fingerprint density at radius 2 is 2.04 bits per heavy atom. The van der Waals surface area contributed by atoms with E-state index in [9.17, 15) is 24.1 Å². The van der Waals surface area contributed by atoms with E-state index >= 15 is 0 Å². The molecule has 0 unspecified atom stereocenters. The van der Waals surface area contributed by atoms with Crippen molar-refractivity contribution in [1.82, 2.24) is 4.57 Å². The summed E-state index contributed by atoms with van der Waals surface area (Å²) in [5, 5.41) is 10.9. The molecule has 0 fully saturated rings. The van der Waals surface area contributed by atoms with Crippen LogP contribution in [0.1, 0.15) is 10.4 Å². The molecule has 0 aliphatic heterocycles. The number of methoxy groups -OCH3 is 1. The number of para-hydroxylation sites is 1. The van der Waals surface area contributed by atoms with Gasteiger partial charge in [-0.05, 0) is 18.2 Å². The maximum Gasteiger partial charge on any atom is 0.325 e. The molecule has 2 aromatic carbocycles. The summed E-state index contributed by atoms with van der Waals surface area (Å²) in [5.41, 5.74) is -0.119. The third-order valence-electron chi connectivity index (χ3n) is 3.67. The number of carbonyl (C=O) groups excluding carboxylic acids is 2. The number of benzene rings is 2. The smallest absolute Gasteiger partial charge is 0.325 e. The van der Waals surface area contributed by atoms with Gasteiger partial charge in [-0.25, -0.2) is 4.39 Å². The minimum Gasteiger partial charge on any atom is -0.468 e. The standard InChI is InChI=1S/C17H12FN3O5S/c1-26-14(22)9-20-15-12(18)6-3-7-13(15)27-17(20)19-16(23)10-4-2-5-11(8-10)21(24)25/h2-8H,9H2,1H3. The number of fused-ring (bicyclic) bond motifs is 1. The second-order valence-corrected chi connectivity index (χ2v) is 6.37. The monoisotopic (exact) mass is 389 g/mol. The number of nitro benzene ring substituents is 1. The molecule has 1 aromatic heterocycles. The molecule has 0 spiro atoms. The number of hydrogen-bond acceptors (Lipinski definition) is 6. The summed E-state index contributed by atoms with van der Waals surface area (Å²) in [6.07, 6.45) is 0. The Balaban J connectivity index is 2.15. The first-order valence-electron chi connectivity index (χ1n) is 7.59. The van der Waals surface area contributed by atoms with Crippen molar-refractivity contribution in [1.29, 1.82) is 0 Å². The number of non-ortho nitro benzene ring substituents is 1. The van der Waals surface area contributed by atoms with E-state index in [1.807, 2.05) is 0 Å². The molecule has 0 aliphatic carbocycles. The molecule has 0 saturated carbocycles. The highest BCUT2D eigenvalue weighted by atomic mass is 32.1. The van der Waals surface area contributed by atoms with Gasteiger partial charge in [0.1, 0.15) is 12.4 Å². The van der Waals surface area contributed by atoms with Gasteiger partial charge in [-0.2, -0.15) is 4.99 Å². The van der Waals surface area contributed by atoms with Crippen molar-refractivity contribution < 1.29 is 23.6 Å². The lowest BCUT2D eigenvalue weighted by Crippen LogP contribution is -2.22. The molecule has 8 nitrogen and oxygen atoms in total. The molecule has 27 heavy (non-hydrogen) atoms. The topological polar surface area (TPSA) is 104 Å². The maximum absolute atomic E-state index is 14.2. The van der Waals surface area contributed by atoms with Crippen molar-refractivity contribution in [3.63, 3.8) is 0 Å². The highest BCUT2D eigenvalue weighted by Gasteiger charge is 2.16. The van der Waals surface area contributed by atoms with E-state index in [4.69, 9.17) is 0 Å². The molecular weight excluding hydrogens is 377 g/mol. The second kappa shape index (κ2) is 7.46. The Hall–Kier alpha value is -3.40. The molecule has 10 heteroatoms. The largest absolute Gasteiger partial charge is 0.468 e. The Morgan fingerprint density at radius 3 is 2.74 bits per heavy atom. The Labute approximate surface area is 155 Å². The van der Waals surface area contributed by atoms with Gasteiger partial charge in [0.05, 0.1) is 22.2 Å². The van der Waals surface area contributed by atoms with Gasteiger partial charge in [0, 0.05) is 17.7 Å². The number of aromatic nitrogens is 1. The van der Waals surface area contributed by atoms with Crippen LogP contribution >= 0.6 is 11.3 Å². The Bertz CT molecular complexity index is 1140. The van der Waals surface area contributed by atoms with Crippen molar-refractivity contribution >= 4 is 39.1 Å². The van der Waals surface area contributed by atoms with Gasteiger partial charge in [0.2, 0.25) is 0 Å². The van der Waals surface area contributed by atoms with Crippen LogP contribution in [0.5, 0.6) is 0 Å². The van der Waals surface area contributed by atoms with Crippen LogP contribution < -0.4 is 4.80 Å². The Kier molecular flexibility index (Phi) is 5.08. The number of esters is 1. The summed E-state index contributed by atoms with van der Waals surface area (Å²) in [6.45, 7) is -0.335. The summed E-state index contributed by atoms with van der Waals surface area (Å²) in [4.78, 5) is 38.4. The predicted molar refractivity (Wildman–Crippen MR) is 94.8 cm³/mol. The number of hydrogen-bond donors (Lipinski definition) is 0. The van der Waals surface area contributed by atoms with Crippen molar-refractivity contribution in [2.24, 2.45) is 4.99 Å². The lowest BCUT2D eigenvalue weighted by molar-refractivity contribution is -0.384. The highest BCUT2D eigenvalue weighted by Crippen LogP contribution is 2.21. The fourth-order valence-electron chi connectivity index (χ4n) is 2.42. The molecule has 3 rings (SSSR count). The molecule has 0 saturated heterocycles. The molecule has 0 radical (unpaired) electrons. The van der Waals surface area contributed by atoms with Gasteiger partial charge in [-0.1, -0.05) is 23.5 Å². The van der Waals surface area contributed by atoms with Gasteiger partial charge < -0.3 is 9.30 Å². The van der Waals surface area contributed by atoms with Gasteiger partial charge in [0.15, 0.2) is 4.80 Å². The van der Waals surface area contributed by atoms with Crippen molar-refractivity contribution in [2.75, 3.05) is 7.11 Å². The van der Waals surface area contributed by atoms with Crippen LogP contribution in [0.4, 0.5) is 10.1 Å². The van der Waals surface area contributed by atoms with Gasteiger partial charge in [-0.15, -0.1) is 0 Å². The van der Waals surface area contributed by atoms with E-state index < -0.39 is 22.6 Å². The third-order valence-corrected chi connectivity index (χ3v) is 4.71. The fourth-order valence-corrected chi connectivity index (χ4v) is 3.46. The predicted octanol–water partition coefficient (Wildman–Crippen LogP) is 2.66. The zero-order valence-electron chi connectivity index (χ0n) is 13.9. The molecule has 1 amide bonds. The fraction of sp³-hybridized carbons (Fsp3) is 0.118. The normalized spacial score (nSPS) is 11.6. The minimum absolute atomic E-state index is 0.00625. The van der Waals surface area contributed by atoms with E-state index in [0.717, 1.165) is 17.4 Å². The van der Waals surface area contributed by atoms with Gasteiger partial charge in [-0.3, -0.25) is 19.7 Å². The average Bonchev–Trinajstić information content (AvgIpc) is 3.00. The van der Waals surface area contributed by atoms with Gasteiger partial charge >= 0.3 is 5.97 Å². The number of nitrogens with zero attached hydrogens (tertiary/aromatic N) is 3. The number of nitro groups is 1. The highest BCUT2D eigenvalue weighted by molar-refractivity contribution is 7.16. The van der Waals surface area contributed by atoms with Crippen LogP contribution in [0.25, 0.3) is 10.2 Å². The van der Waals surface area contributed by atoms with E-state index in [1.165, 1.54) is 42.0 Å². The lowest BCUT2D eigenvalue weighted by atomic mass is 10.2. The van der Waals surface area contributed by atoms with Crippen LogP contribution in [-0.2, 0) is 16.1 Å².